The highest BCUT2D eigenvalue weighted by molar-refractivity contribution is 5.65. The lowest BCUT2D eigenvalue weighted by Crippen LogP contribution is -1.93. The van der Waals surface area contributed by atoms with Crippen LogP contribution in [-0.2, 0) is 0 Å². The number of nitrogens with two attached hydrogens (primary N) is 1. The van der Waals surface area contributed by atoms with Crippen LogP contribution in [0.4, 0.5) is 5.82 Å². The number of hydrogen-bond acceptors (Lipinski definition) is 3. The Kier molecular flexibility index (Phi) is 3.56. The van der Waals surface area contributed by atoms with E-state index in [1.165, 1.54) is 0 Å². The molecular weight excluding hydrogens is 260 g/mol. The quantitative estimate of drug-likeness (QED) is 0.769. The number of nitrogens with zero attached hydrogens (tertiary/aromatic N) is 1. The van der Waals surface area contributed by atoms with Gasteiger partial charge >= 0.3 is 0 Å². The Bertz CT molecular complexity index is 737. The molecule has 2 aromatic carbocycles. The molecule has 0 aliphatic carbocycles. The minimum atomic E-state index is 0.572. The van der Waals surface area contributed by atoms with Gasteiger partial charge in [-0.2, -0.15) is 0 Å². The third-order valence-electron chi connectivity index (χ3n) is 3.29. The number of pyridine rings is 1. The number of para-hydroxylation sites is 1. The van der Waals surface area contributed by atoms with Crippen molar-refractivity contribution in [3.05, 3.63) is 72.4 Å². The van der Waals surface area contributed by atoms with Gasteiger partial charge in [-0.25, -0.2) is 4.98 Å². The predicted molar refractivity (Wildman–Crippen MR) is 85.3 cm³/mol. The van der Waals surface area contributed by atoms with E-state index in [1.54, 1.807) is 6.20 Å². The monoisotopic (exact) mass is 276 g/mol. The highest BCUT2D eigenvalue weighted by Crippen LogP contribution is 2.26. The number of ether oxygens (including phenoxy) is 1. The second kappa shape index (κ2) is 5.67. The summed E-state index contributed by atoms with van der Waals surface area (Å²) in [6, 6.07) is 19.7. The Hall–Kier alpha value is -2.81. The molecule has 0 unspecified atom stereocenters. The van der Waals surface area contributed by atoms with E-state index in [0.29, 0.717) is 5.82 Å². The van der Waals surface area contributed by atoms with Gasteiger partial charge in [0.2, 0.25) is 0 Å². The number of anilines is 1. The van der Waals surface area contributed by atoms with Gasteiger partial charge in [0, 0.05) is 11.8 Å². The normalized spacial score (nSPS) is 10.3. The van der Waals surface area contributed by atoms with Crippen LogP contribution in [-0.4, -0.2) is 4.98 Å². The number of aromatic nitrogens is 1. The first-order valence-corrected chi connectivity index (χ1v) is 6.78. The standard InChI is InChI=1S/C18H16N2O/c1-13-11-15(12-20-18(13)19)14-7-9-17(10-8-14)21-16-5-3-2-4-6-16/h2-12H,1H3,(H2,19,20). The van der Waals surface area contributed by atoms with Crippen LogP contribution < -0.4 is 10.5 Å². The van der Waals surface area contributed by atoms with Crippen LogP contribution in [0.1, 0.15) is 5.56 Å². The van der Waals surface area contributed by atoms with Gasteiger partial charge < -0.3 is 10.5 Å². The van der Waals surface area contributed by atoms with Crippen molar-refractivity contribution < 1.29 is 4.74 Å². The molecule has 3 heteroatoms. The van der Waals surface area contributed by atoms with E-state index in [9.17, 15) is 0 Å². The number of rotatable bonds is 3. The third-order valence-corrected chi connectivity index (χ3v) is 3.29. The van der Waals surface area contributed by atoms with Gasteiger partial charge in [-0.1, -0.05) is 30.3 Å². The van der Waals surface area contributed by atoms with Crippen LogP contribution in [0.3, 0.4) is 0 Å². The Balaban J connectivity index is 1.82. The molecule has 1 aromatic heterocycles. The fraction of sp³-hybridized carbons (Fsp3) is 0.0556. The molecule has 0 aliphatic rings. The molecule has 3 rings (SSSR count). The maximum atomic E-state index is 5.78. The van der Waals surface area contributed by atoms with Gasteiger partial charge in [0.05, 0.1) is 0 Å². The molecule has 0 atom stereocenters. The third kappa shape index (κ3) is 3.03. The van der Waals surface area contributed by atoms with Gasteiger partial charge in [0.25, 0.3) is 0 Å². The van der Waals surface area contributed by atoms with E-state index in [2.05, 4.69) is 4.98 Å². The zero-order chi connectivity index (χ0) is 14.7. The van der Waals surface area contributed by atoms with Gasteiger partial charge in [-0.15, -0.1) is 0 Å². The molecule has 0 spiro atoms. The highest BCUT2D eigenvalue weighted by atomic mass is 16.5. The number of benzene rings is 2. The SMILES string of the molecule is Cc1cc(-c2ccc(Oc3ccccc3)cc2)cnc1N. The lowest BCUT2D eigenvalue weighted by molar-refractivity contribution is 0.483. The van der Waals surface area contributed by atoms with E-state index in [1.807, 2.05) is 67.6 Å². The van der Waals surface area contributed by atoms with E-state index in [-0.39, 0.29) is 0 Å². The fourth-order valence-corrected chi connectivity index (χ4v) is 2.08. The van der Waals surface area contributed by atoms with E-state index >= 15 is 0 Å². The molecule has 0 bridgehead atoms. The Morgan fingerprint density at radius 1 is 0.857 bits per heavy atom. The molecule has 3 aromatic rings. The van der Waals surface area contributed by atoms with Crippen molar-refractivity contribution in [3.63, 3.8) is 0 Å². The average Bonchev–Trinajstić information content (AvgIpc) is 2.52. The molecule has 104 valence electrons. The first kappa shape index (κ1) is 13.2. The van der Waals surface area contributed by atoms with Crippen LogP contribution in [0.5, 0.6) is 11.5 Å². The zero-order valence-corrected chi connectivity index (χ0v) is 11.8. The lowest BCUT2D eigenvalue weighted by atomic mass is 10.1. The first-order valence-electron chi connectivity index (χ1n) is 6.78. The maximum absolute atomic E-state index is 5.78. The van der Waals surface area contributed by atoms with E-state index < -0.39 is 0 Å². The smallest absolute Gasteiger partial charge is 0.127 e. The van der Waals surface area contributed by atoms with Crippen LogP contribution in [0.25, 0.3) is 11.1 Å². The molecule has 3 nitrogen and oxygen atoms in total. The van der Waals surface area contributed by atoms with Gasteiger partial charge in [0.15, 0.2) is 0 Å². The molecular formula is C18H16N2O. The summed E-state index contributed by atoms with van der Waals surface area (Å²) in [5, 5.41) is 0. The molecule has 21 heavy (non-hydrogen) atoms. The second-order valence-electron chi connectivity index (χ2n) is 4.87. The van der Waals surface area contributed by atoms with E-state index in [0.717, 1.165) is 28.2 Å². The summed E-state index contributed by atoms with van der Waals surface area (Å²) >= 11 is 0. The lowest BCUT2D eigenvalue weighted by Gasteiger charge is -2.08. The largest absolute Gasteiger partial charge is 0.457 e. The average molecular weight is 276 g/mol. The van der Waals surface area contributed by atoms with Gasteiger partial charge in [-0.3, -0.25) is 0 Å². The summed E-state index contributed by atoms with van der Waals surface area (Å²) in [5.74, 6) is 2.21. The van der Waals surface area contributed by atoms with Crippen LogP contribution in [0, 0.1) is 6.92 Å². The molecule has 0 radical (unpaired) electrons. The Morgan fingerprint density at radius 2 is 1.52 bits per heavy atom. The predicted octanol–water partition coefficient (Wildman–Crippen LogP) is 4.43. The minimum Gasteiger partial charge on any atom is -0.457 e. The van der Waals surface area contributed by atoms with Crippen molar-refractivity contribution in [1.82, 2.24) is 4.98 Å². The minimum absolute atomic E-state index is 0.572. The van der Waals surface area contributed by atoms with Crippen LogP contribution in [0.15, 0.2) is 66.9 Å². The first-order chi connectivity index (χ1) is 10.2. The topological polar surface area (TPSA) is 48.1 Å². The van der Waals surface area contributed by atoms with Crippen molar-refractivity contribution in [2.24, 2.45) is 0 Å². The Labute approximate surface area is 124 Å². The number of nitrogen functional groups attached to an aromatic ring is 1. The van der Waals surface area contributed by atoms with Crippen molar-refractivity contribution >= 4 is 5.82 Å². The molecule has 0 saturated carbocycles. The van der Waals surface area contributed by atoms with Crippen LogP contribution >= 0.6 is 0 Å². The zero-order valence-electron chi connectivity index (χ0n) is 11.8. The molecule has 2 N–H and O–H groups in total. The van der Waals surface area contributed by atoms with Gasteiger partial charge in [-0.05, 0) is 48.4 Å². The summed E-state index contributed by atoms with van der Waals surface area (Å²) in [6.07, 6.45) is 1.79. The molecule has 0 aliphatic heterocycles. The Morgan fingerprint density at radius 3 is 2.19 bits per heavy atom. The van der Waals surface area contributed by atoms with Crippen molar-refractivity contribution in [3.8, 4) is 22.6 Å². The molecule has 0 fully saturated rings. The second-order valence-corrected chi connectivity index (χ2v) is 4.87. The highest BCUT2D eigenvalue weighted by Gasteiger charge is 2.02. The fourth-order valence-electron chi connectivity index (χ4n) is 2.08. The summed E-state index contributed by atoms with van der Waals surface area (Å²) < 4.78 is 5.78. The number of aryl methyl sites for hydroxylation is 1. The van der Waals surface area contributed by atoms with E-state index in [4.69, 9.17) is 10.5 Å². The van der Waals surface area contributed by atoms with Crippen molar-refractivity contribution in [1.29, 1.82) is 0 Å². The van der Waals surface area contributed by atoms with Gasteiger partial charge in [0.1, 0.15) is 17.3 Å². The molecule has 0 saturated heterocycles. The van der Waals surface area contributed by atoms with Crippen molar-refractivity contribution in [2.45, 2.75) is 6.92 Å². The molecule has 0 amide bonds. The summed E-state index contributed by atoms with van der Waals surface area (Å²) in [5.41, 5.74) is 8.87. The summed E-state index contributed by atoms with van der Waals surface area (Å²) in [7, 11) is 0. The molecule has 1 heterocycles. The number of hydrogen-bond donors (Lipinski definition) is 1. The summed E-state index contributed by atoms with van der Waals surface area (Å²) in [6.45, 7) is 1.96. The van der Waals surface area contributed by atoms with Crippen molar-refractivity contribution in [2.75, 3.05) is 5.73 Å². The maximum Gasteiger partial charge on any atom is 0.127 e. The van der Waals surface area contributed by atoms with Crippen LogP contribution in [0.2, 0.25) is 0 Å². The summed E-state index contributed by atoms with van der Waals surface area (Å²) in [4.78, 5) is 4.19.